The standard InChI is InChI=1S/C18H23N5O/c1-21-10-5-8-15(21)17-20-19-16-9-11-22(12-13-23(16)17)18(24)14-6-3-2-4-7-14/h2-4,6-7,15H,5,8-13H2,1H3. The van der Waals surface area contributed by atoms with Crippen molar-refractivity contribution in [3.8, 4) is 0 Å². The van der Waals surface area contributed by atoms with Crippen molar-refractivity contribution in [2.75, 3.05) is 26.7 Å². The maximum atomic E-state index is 12.7. The molecule has 1 aromatic carbocycles. The molecule has 1 aromatic heterocycles. The zero-order valence-electron chi connectivity index (χ0n) is 14.1. The van der Waals surface area contributed by atoms with Gasteiger partial charge in [0.25, 0.3) is 5.91 Å². The van der Waals surface area contributed by atoms with Gasteiger partial charge in [-0.2, -0.15) is 0 Å². The Morgan fingerprint density at radius 2 is 1.92 bits per heavy atom. The fourth-order valence-electron chi connectivity index (χ4n) is 3.79. The highest BCUT2D eigenvalue weighted by Gasteiger charge is 2.30. The van der Waals surface area contributed by atoms with Gasteiger partial charge in [0, 0.05) is 31.6 Å². The largest absolute Gasteiger partial charge is 0.336 e. The molecule has 1 unspecified atom stereocenters. The van der Waals surface area contributed by atoms with E-state index in [2.05, 4.69) is 26.7 Å². The van der Waals surface area contributed by atoms with Crippen molar-refractivity contribution in [1.29, 1.82) is 0 Å². The number of benzene rings is 1. The number of carbonyl (C=O) groups is 1. The van der Waals surface area contributed by atoms with E-state index in [-0.39, 0.29) is 5.91 Å². The summed E-state index contributed by atoms with van der Waals surface area (Å²) in [6.07, 6.45) is 3.12. The van der Waals surface area contributed by atoms with Crippen molar-refractivity contribution in [2.45, 2.75) is 31.8 Å². The van der Waals surface area contributed by atoms with Crippen LogP contribution in [0.3, 0.4) is 0 Å². The number of aromatic nitrogens is 3. The number of hydrogen-bond donors (Lipinski definition) is 0. The molecule has 2 aliphatic heterocycles. The van der Waals surface area contributed by atoms with Gasteiger partial charge < -0.3 is 9.47 Å². The lowest BCUT2D eigenvalue weighted by molar-refractivity contribution is 0.0758. The molecule has 4 rings (SSSR count). The highest BCUT2D eigenvalue weighted by molar-refractivity contribution is 5.94. The van der Waals surface area contributed by atoms with Gasteiger partial charge in [-0.25, -0.2) is 0 Å². The number of amides is 1. The third-order valence-electron chi connectivity index (χ3n) is 5.18. The lowest BCUT2D eigenvalue weighted by Crippen LogP contribution is -2.34. The second kappa shape index (κ2) is 6.36. The maximum absolute atomic E-state index is 12.7. The highest BCUT2D eigenvalue weighted by atomic mass is 16.2. The third-order valence-corrected chi connectivity index (χ3v) is 5.18. The molecule has 2 aliphatic rings. The highest BCUT2D eigenvalue weighted by Crippen LogP contribution is 2.30. The van der Waals surface area contributed by atoms with Gasteiger partial charge in [0.1, 0.15) is 11.6 Å². The van der Waals surface area contributed by atoms with Gasteiger partial charge in [0.05, 0.1) is 6.04 Å². The summed E-state index contributed by atoms with van der Waals surface area (Å²) in [5.74, 6) is 2.18. The molecule has 1 atom stereocenters. The minimum atomic E-state index is 0.105. The van der Waals surface area contributed by atoms with Crippen molar-refractivity contribution < 1.29 is 4.79 Å². The van der Waals surface area contributed by atoms with Gasteiger partial charge in [0.15, 0.2) is 0 Å². The first-order valence-electron chi connectivity index (χ1n) is 8.70. The Morgan fingerprint density at radius 3 is 2.67 bits per heavy atom. The third kappa shape index (κ3) is 2.71. The van der Waals surface area contributed by atoms with Gasteiger partial charge in [-0.15, -0.1) is 10.2 Å². The summed E-state index contributed by atoms with van der Waals surface area (Å²) < 4.78 is 2.24. The second-order valence-electron chi connectivity index (χ2n) is 6.67. The first kappa shape index (κ1) is 15.3. The average Bonchev–Trinajstić information content (AvgIpc) is 3.15. The van der Waals surface area contributed by atoms with E-state index in [0.717, 1.165) is 43.1 Å². The minimum absolute atomic E-state index is 0.105. The fraction of sp³-hybridized carbons (Fsp3) is 0.500. The monoisotopic (exact) mass is 325 g/mol. The van der Waals surface area contributed by atoms with E-state index >= 15 is 0 Å². The molecule has 24 heavy (non-hydrogen) atoms. The molecule has 0 saturated carbocycles. The van der Waals surface area contributed by atoms with E-state index in [0.29, 0.717) is 19.1 Å². The van der Waals surface area contributed by atoms with E-state index in [1.807, 2.05) is 35.2 Å². The van der Waals surface area contributed by atoms with E-state index in [1.54, 1.807) is 0 Å². The molecule has 3 heterocycles. The molecule has 6 heteroatoms. The first-order valence-corrected chi connectivity index (χ1v) is 8.70. The zero-order chi connectivity index (χ0) is 16.5. The number of nitrogens with zero attached hydrogens (tertiary/aromatic N) is 5. The maximum Gasteiger partial charge on any atom is 0.253 e. The summed E-state index contributed by atoms with van der Waals surface area (Å²) in [6, 6.07) is 9.88. The normalized spacial score (nSPS) is 21.5. The fourth-order valence-corrected chi connectivity index (χ4v) is 3.79. The molecule has 0 radical (unpaired) electrons. The van der Waals surface area contributed by atoms with Crippen LogP contribution in [0.5, 0.6) is 0 Å². The lowest BCUT2D eigenvalue weighted by atomic mass is 10.2. The van der Waals surface area contributed by atoms with E-state index in [1.165, 1.54) is 6.42 Å². The van der Waals surface area contributed by atoms with Crippen LogP contribution in [-0.2, 0) is 13.0 Å². The van der Waals surface area contributed by atoms with Crippen molar-refractivity contribution in [3.63, 3.8) is 0 Å². The number of hydrogen-bond acceptors (Lipinski definition) is 4. The Hall–Kier alpha value is -2.21. The molecule has 0 bridgehead atoms. The predicted octanol–water partition coefficient (Wildman–Crippen LogP) is 1.74. The van der Waals surface area contributed by atoms with E-state index in [4.69, 9.17) is 0 Å². The summed E-state index contributed by atoms with van der Waals surface area (Å²) in [5, 5.41) is 8.88. The Balaban J connectivity index is 1.52. The number of likely N-dealkylation sites (tertiary alicyclic amines) is 1. The Labute approximate surface area is 142 Å². The summed E-state index contributed by atoms with van der Waals surface area (Å²) in [4.78, 5) is 17.0. The van der Waals surface area contributed by atoms with Crippen LogP contribution in [0.2, 0.25) is 0 Å². The molecule has 1 amide bonds. The van der Waals surface area contributed by atoms with E-state index < -0.39 is 0 Å². The molecule has 2 aromatic rings. The summed E-state index contributed by atoms with van der Waals surface area (Å²) in [5.41, 5.74) is 0.755. The van der Waals surface area contributed by atoms with Gasteiger partial charge >= 0.3 is 0 Å². The lowest BCUT2D eigenvalue weighted by Gasteiger charge is -2.21. The molecule has 126 valence electrons. The van der Waals surface area contributed by atoms with Crippen molar-refractivity contribution in [3.05, 3.63) is 47.5 Å². The Kier molecular flexibility index (Phi) is 4.06. The first-order chi connectivity index (χ1) is 11.7. The molecular formula is C18H23N5O. The number of fused-ring (bicyclic) bond motifs is 1. The molecule has 0 spiro atoms. The molecule has 6 nitrogen and oxygen atoms in total. The SMILES string of the molecule is CN1CCCC1c1nnc2n1CCN(C(=O)c1ccccc1)CC2. The smallest absolute Gasteiger partial charge is 0.253 e. The van der Waals surface area contributed by atoms with Crippen LogP contribution in [0.1, 0.15) is 40.9 Å². The van der Waals surface area contributed by atoms with Crippen LogP contribution >= 0.6 is 0 Å². The molecule has 0 N–H and O–H groups in total. The van der Waals surface area contributed by atoms with Crippen LogP contribution in [0.15, 0.2) is 30.3 Å². The van der Waals surface area contributed by atoms with Gasteiger partial charge in [-0.3, -0.25) is 9.69 Å². The number of carbonyl (C=O) groups excluding carboxylic acids is 1. The summed E-state index contributed by atoms with van der Waals surface area (Å²) in [6.45, 7) is 3.31. The van der Waals surface area contributed by atoms with Gasteiger partial charge in [-0.05, 0) is 38.6 Å². The average molecular weight is 325 g/mol. The van der Waals surface area contributed by atoms with Crippen molar-refractivity contribution >= 4 is 5.91 Å². The zero-order valence-corrected chi connectivity index (χ0v) is 14.1. The Bertz CT molecular complexity index is 726. The molecular weight excluding hydrogens is 302 g/mol. The van der Waals surface area contributed by atoms with Crippen LogP contribution < -0.4 is 0 Å². The van der Waals surface area contributed by atoms with Gasteiger partial charge in [-0.1, -0.05) is 18.2 Å². The van der Waals surface area contributed by atoms with Crippen LogP contribution in [0.4, 0.5) is 0 Å². The number of rotatable bonds is 2. The molecule has 0 aliphatic carbocycles. The summed E-state index contributed by atoms with van der Waals surface area (Å²) in [7, 11) is 2.15. The summed E-state index contributed by atoms with van der Waals surface area (Å²) >= 11 is 0. The van der Waals surface area contributed by atoms with Crippen molar-refractivity contribution in [2.24, 2.45) is 0 Å². The topological polar surface area (TPSA) is 54.3 Å². The minimum Gasteiger partial charge on any atom is -0.336 e. The molecule has 1 fully saturated rings. The predicted molar refractivity (Wildman–Crippen MR) is 90.7 cm³/mol. The second-order valence-corrected chi connectivity index (χ2v) is 6.67. The quantitative estimate of drug-likeness (QED) is 0.844. The van der Waals surface area contributed by atoms with E-state index in [9.17, 15) is 4.79 Å². The van der Waals surface area contributed by atoms with Crippen LogP contribution in [0.25, 0.3) is 0 Å². The van der Waals surface area contributed by atoms with Crippen LogP contribution in [-0.4, -0.2) is 57.2 Å². The van der Waals surface area contributed by atoms with Crippen molar-refractivity contribution in [1.82, 2.24) is 24.6 Å². The Morgan fingerprint density at radius 1 is 1.08 bits per heavy atom. The molecule has 1 saturated heterocycles. The van der Waals surface area contributed by atoms with Gasteiger partial charge in [0.2, 0.25) is 0 Å². The van der Waals surface area contributed by atoms with Crippen LogP contribution in [0, 0.1) is 0 Å².